The normalized spacial score (nSPS) is 10.6. The van der Waals surface area contributed by atoms with Gasteiger partial charge in [-0.1, -0.05) is 29.8 Å². The summed E-state index contributed by atoms with van der Waals surface area (Å²) < 4.78 is 0. The lowest BCUT2D eigenvalue weighted by molar-refractivity contribution is 0.102. The SMILES string of the molecule is Cc1cc(Cl)ccc1Nc1cncc(C(=O)Nc2cccc3cccnc23)c1. The van der Waals surface area contributed by atoms with Crippen molar-refractivity contribution >= 4 is 45.5 Å². The topological polar surface area (TPSA) is 66.9 Å². The number of nitrogens with one attached hydrogen (secondary N) is 2. The molecule has 4 rings (SSSR count). The first-order valence-corrected chi connectivity index (χ1v) is 9.11. The second-order valence-corrected chi connectivity index (χ2v) is 6.82. The maximum Gasteiger partial charge on any atom is 0.257 e. The van der Waals surface area contributed by atoms with Crippen molar-refractivity contribution in [3.63, 3.8) is 0 Å². The lowest BCUT2D eigenvalue weighted by Crippen LogP contribution is -2.13. The minimum absolute atomic E-state index is 0.248. The van der Waals surface area contributed by atoms with Crippen LogP contribution in [0.3, 0.4) is 0 Å². The molecule has 0 unspecified atom stereocenters. The summed E-state index contributed by atoms with van der Waals surface area (Å²) in [7, 11) is 0. The lowest BCUT2D eigenvalue weighted by atomic mass is 10.1. The average Bonchev–Trinajstić information content (AvgIpc) is 2.71. The van der Waals surface area contributed by atoms with E-state index in [2.05, 4.69) is 20.6 Å². The highest BCUT2D eigenvalue weighted by molar-refractivity contribution is 6.30. The van der Waals surface area contributed by atoms with E-state index >= 15 is 0 Å². The maximum absolute atomic E-state index is 12.7. The Kier molecular flexibility index (Phi) is 4.91. The first kappa shape index (κ1) is 17.9. The van der Waals surface area contributed by atoms with E-state index in [1.165, 1.54) is 6.20 Å². The van der Waals surface area contributed by atoms with Gasteiger partial charge in [-0.2, -0.15) is 0 Å². The summed E-state index contributed by atoms with van der Waals surface area (Å²) in [6.07, 6.45) is 4.91. The minimum atomic E-state index is -0.248. The summed E-state index contributed by atoms with van der Waals surface area (Å²) in [5.74, 6) is -0.248. The number of halogens is 1. The Labute approximate surface area is 167 Å². The summed E-state index contributed by atoms with van der Waals surface area (Å²) in [6.45, 7) is 1.96. The van der Waals surface area contributed by atoms with Crippen LogP contribution in [0.4, 0.5) is 17.1 Å². The maximum atomic E-state index is 12.7. The molecule has 4 aromatic rings. The Morgan fingerprint density at radius 1 is 1.00 bits per heavy atom. The Morgan fingerprint density at radius 2 is 1.86 bits per heavy atom. The van der Waals surface area contributed by atoms with Crippen molar-refractivity contribution in [2.45, 2.75) is 6.92 Å². The first-order chi connectivity index (χ1) is 13.6. The Bertz CT molecular complexity index is 1170. The van der Waals surface area contributed by atoms with Crippen LogP contribution in [0.15, 0.2) is 73.2 Å². The zero-order valence-electron chi connectivity index (χ0n) is 15.1. The lowest BCUT2D eigenvalue weighted by Gasteiger charge is -2.11. The largest absolute Gasteiger partial charge is 0.354 e. The summed E-state index contributed by atoms with van der Waals surface area (Å²) in [6, 6.07) is 16.8. The molecule has 2 aromatic carbocycles. The van der Waals surface area contributed by atoms with Gasteiger partial charge in [0, 0.05) is 28.5 Å². The number of hydrogen-bond acceptors (Lipinski definition) is 4. The number of rotatable bonds is 4. The van der Waals surface area contributed by atoms with Gasteiger partial charge in [0.1, 0.15) is 0 Å². The summed E-state index contributed by atoms with van der Waals surface area (Å²) in [4.78, 5) is 21.3. The van der Waals surface area contributed by atoms with E-state index in [1.807, 2.05) is 55.5 Å². The molecule has 0 aliphatic carbocycles. The smallest absolute Gasteiger partial charge is 0.257 e. The molecule has 2 heterocycles. The van der Waals surface area contributed by atoms with E-state index in [1.54, 1.807) is 18.5 Å². The molecule has 28 heavy (non-hydrogen) atoms. The van der Waals surface area contributed by atoms with Gasteiger partial charge in [-0.05, 0) is 48.9 Å². The van der Waals surface area contributed by atoms with Gasteiger partial charge in [0.2, 0.25) is 0 Å². The number of nitrogens with zero attached hydrogens (tertiary/aromatic N) is 2. The molecule has 2 N–H and O–H groups in total. The molecule has 0 saturated carbocycles. The molecule has 5 nitrogen and oxygen atoms in total. The van der Waals surface area contributed by atoms with Crippen molar-refractivity contribution in [3.05, 3.63) is 89.3 Å². The van der Waals surface area contributed by atoms with Crippen molar-refractivity contribution in [1.82, 2.24) is 9.97 Å². The summed E-state index contributed by atoms with van der Waals surface area (Å²) in [5.41, 5.74) is 4.48. The number of hydrogen-bond donors (Lipinski definition) is 2. The second-order valence-electron chi connectivity index (χ2n) is 6.38. The second kappa shape index (κ2) is 7.66. The number of aromatic nitrogens is 2. The van der Waals surface area contributed by atoms with Crippen LogP contribution in [0, 0.1) is 6.92 Å². The molecular formula is C22H17ClN4O. The fourth-order valence-electron chi connectivity index (χ4n) is 2.95. The molecule has 138 valence electrons. The van der Waals surface area contributed by atoms with Gasteiger partial charge in [-0.25, -0.2) is 0 Å². The van der Waals surface area contributed by atoms with Crippen molar-refractivity contribution in [2.75, 3.05) is 10.6 Å². The van der Waals surface area contributed by atoms with Gasteiger partial charge in [0.05, 0.1) is 28.7 Å². The molecular weight excluding hydrogens is 372 g/mol. The molecule has 0 aliphatic rings. The van der Waals surface area contributed by atoms with Crippen LogP contribution in [-0.4, -0.2) is 15.9 Å². The number of benzene rings is 2. The molecule has 0 aliphatic heterocycles. The van der Waals surface area contributed by atoms with Gasteiger partial charge < -0.3 is 10.6 Å². The number of anilines is 3. The Hall–Kier alpha value is -3.44. The van der Waals surface area contributed by atoms with Crippen LogP contribution in [0.5, 0.6) is 0 Å². The van der Waals surface area contributed by atoms with Crippen molar-refractivity contribution in [1.29, 1.82) is 0 Å². The number of carbonyl (C=O) groups is 1. The number of fused-ring (bicyclic) bond motifs is 1. The Balaban J connectivity index is 1.57. The van der Waals surface area contributed by atoms with E-state index in [4.69, 9.17) is 11.6 Å². The highest BCUT2D eigenvalue weighted by atomic mass is 35.5. The molecule has 0 fully saturated rings. The molecule has 0 saturated heterocycles. The van der Waals surface area contributed by atoms with Crippen LogP contribution in [-0.2, 0) is 0 Å². The van der Waals surface area contributed by atoms with E-state index < -0.39 is 0 Å². The number of aryl methyl sites for hydroxylation is 1. The molecule has 6 heteroatoms. The highest BCUT2D eigenvalue weighted by Crippen LogP contribution is 2.25. The first-order valence-electron chi connectivity index (χ1n) is 8.73. The molecule has 2 aromatic heterocycles. The van der Waals surface area contributed by atoms with Gasteiger partial charge >= 0.3 is 0 Å². The molecule has 0 radical (unpaired) electrons. The molecule has 1 amide bonds. The van der Waals surface area contributed by atoms with E-state index in [9.17, 15) is 4.79 Å². The standard InChI is InChI=1S/C22H17ClN4O/c1-14-10-17(23)7-8-19(14)26-18-11-16(12-24-13-18)22(28)27-20-6-2-4-15-5-3-9-25-21(15)20/h2-13,26H,1H3,(H,27,28). The fraction of sp³-hybridized carbons (Fsp3) is 0.0455. The van der Waals surface area contributed by atoms with E-state index in [0.717, 1.165) is 22.2 Å². The van der Waals surface area contributed by atoms with E-state index in [-0.39, 0.29) is 5.91 Å². The summed E-state index contributed by atoms with van der Waals surface area (Å²) in [5, 5.41) is 7.84. The van der Waals surface area contributed by atoms with Gasteiger partial charge in [0.15, 0.2) is 0 Å². The third-order valence-electron chi connectivity index (χ3n) is 4.35. The number of para-hydroxylation sites is 1. The zero-order valence-corrected chi connectivity index (χ0v) is 15.9. The predicted octanol–water partition coefficient (Wildman–Crippen LogP) is 5.59. The number of pyridine rings is 2. The highest BCUT2D eigenvalue weighted by Gasteiger charge is 2.11. The molecule has 0 spiro atoms. The average molecular weight is 389 g/mol. The van der Waals surface area contributed by atoms with Crippen LogP contribution in [0.1, 0.15) is 15.9 Å². The number of amides is 1. The molecule has 0 atom stereocenters. The van der Waals surface area contributed by atoms with Gasteiger partial charge in [-0.15, -0.1) is 0 Å². The predicted molar refractivity (Wildman–Crippen MR) is 113 cm³/mol. The van der Waals surface area contributed by atoms with Gasteiger partial charge in [0.25, 0.3) is 5.91 Å². The molecule has 0 bridgehead atoms. The van der Waals surface area contributed by atoms with Crippen molar-refractivity contribution in [2.24, 2.45) is 0 Å². The van der Waals surface area contributed by atoms with Crippen LogP contribution in [0.2, 0.25) is 5.02 Å². The van der Waals surface area contributed by atoms with Crippen molar-refractivity contribution in [3.8, 4) is 0 Å². The minimum Gasteiger partial charge on any atom is -0.354 e. The Morgan fingerprint density at radius 3 is 2.71 bits per heavy atom. The third-order valence-corrected chi connectivity index (χ3v) is 4.58. The van der Waals surface area contributed by atoms with Gasteiger partial charge in [-0.3, -0.25) is 14.8 Å². The van der Waals surface area contributed by atoms with Crippen LogP contribution >= 0.6 is 11.6 Å². The number of carbonyl (C=O) groups excluding carboxylic acids is 1. The fourth-order valence-corrected chi connectivity index (χ4v) is 3.18. The third kappa shape index (κ3) is 3.80. The van der Waals surface area contributed by atoms with E-state index in [0.29, 0.717) is 22.0 Å². The van der Waals surface area contributed by atoms with Crippen LogP contribution in [0.25, 0.3) is 10.9 Å². The zero-order chi connectivity index (χ0) is 19.5. The summed E-state index contributed by atoms with van der Waals surface area (Å²) >= 11 is 6.01. The van der Waals surface area contributed by atoms with Crippen molar-refractivity contribution < 1.29 is 4.79 Å². The van der Waals surface area contributed by atoms with Crippen LogP contribution < -0.4 is 10.6 Å². The monoisotopic (exact) mass is 388 g/mol. The quantitative estimate of drug-likeness (QED) is 0.478.